The molecule has 1 amide bonds. The molecule has 0 saturated heterocycles. The zero-order valence-corrected chi connectivity index (χ0v) is 34.9. The molecular weight excluding hydrogens is 765 g/mol. The van der Waals surface area contributed by atoms with Crippen LogP contribution in [0.3, 0.4) is 0 Å². The van der Waals surface area contributed by atoms with E-state index < -0.39 is 0 Å². The first kappa shape index (κ1) is 39.1. The van der Waals surface area contributed by atoms with Gasteiger partial charge in [0.1, 0.15) is 11.6 Å². The number of aromatic nitrogens is 8. The van der Waals surface area contributed by atoms with Crippen molar-refractivity contribution in [3.63, 3.8) is 0 Å². The molecule has 2 aliphatic heterocycles. The number of anilines is 8. The number of carbonyl (C=O) groups excluding carboxylic acids is 1. The standard InChI is InChI=1S/C24H25N7O.C22H23N7/c1-14-5-4-6-15(2)21(14)27-22-20-12-25-24(28-23(20)30-29-22)26-19-8-7-17-9-10-31(16(3)32)13-18(17)11-19;1-13-4-3-5-14(2)19(13)26-20-18-12-24-22(27-21(18)29-28-20)25-17-7-6-15-8-9-23-11-16(15)10-17/h4-8,11-12H,9-10,13H2,1-3H3,(H3,25,26,27,28,29,30);3-7,10,12,23H,8-9,11H2,1-2H3,(H3,24,25,26,27,28,29). The average molecular weight is 813 g/mol. The number of benzene rings is 4. The van der Waals surface area contributed by atoms with Crippen LogP contribution in [0.15, 0.2) is 85.2 Å². The first-order chi connectivity index (χ1) is 29.6. The molecule has 4 aromatic heterocycles. The largest absolute Gasteiger partial charge is 0.340 e. The van der Waals surface area contributed by atoms with Crippen LogP contribution in [0.2, 0.25) is 0 Å². The maximum absolute atomic E-state index is 11.7. The van der Waals surface area contributed by atoms with Crippen LogP contribution in [0.1, 0.15) is 51.4 Å². The molecule has 10 rings (SSSR count). The number of rotatable bonds is 8. The van der Waals surface area contributed by atoms with Crippen molar-refractivity contribution in [2.75, 3.05) is 34.4 Å². The lowest BCUT2D eigenvalue weighted by Crippen LogP contribution is -2.34. The van der Waals surface area contributed by atoms with Gasteiger partial charge in [-0.2, -0.15) is 20.2 Å². The normalized spacial score (nSPS) is 13.2. The molecule has 0 atom stereocenters. The molecule has 0 radical (unpaired) electrons. The highest BCUT2D eigenvalue weighted by Crippen LogP contribution is 2.31. The first-order valence-electron chi connectivity index (χ1n) is 20.5. The summed E-state index contributed by atoms with van der Waals surface area (Å²) >= 11 is 0. The van der Waals surface area contributed by atoms with Gasteiger partial charge in [-0.1, -0.05) is 48.5 Å². The van der Waals surface area contributed by atoms with E-state index in [1.807, 2.05) is 17.0 Å². The van der Waals surface area contributed by atoms with Crippen molar-refractivity contribution in [1.29, 1.82) is 0 Å². The predicted molar refractivity (Wildman–Crippen MR) is 241 cm³/mol. The third-order valence-corrected chi connectivity index (χ3v) is 11.4. The third kappa shape index (κ3) is 8.41. The van der Waals surface area contributed by atoms with Crippen molar-refractivity contribution in [2.45, 2.75) is 60.5 Å². The fourth-order valence-electron chi connectivity index (χ4n) is 7.91. The smallest absolute Gasteiger partial charge is 0.229 e. The minimum absolute atomic E-state index is 0.103. The van der Waals surface area contributed by atoms with Gasteiger partial charge in [0, 0.05) is 61.7 Å². The molecule has 15 heteroatoms. The van der Waals surface area contributed by atoms with Crippen molar-refractivity contribution >= 4 is 74.3 Å². The lowest BCUT2D eigenvalue weighted by molar-refractivity contribution is -0.129. The summed E-state index contributed by atoms with van der Waals surface area (Å²) < 4.78 is 0. The van der Waals surface area contributed by atoms with Crippen molar-refractivity contribution < 1.29 is 4.79 Å². The summed E-state index contributed by atoms with van der Waals surface area (Å²) in [7, 11) is 0. The molecule has 0 unspecified atom stereocenters. The summed E-state index contributed by atoms with van der Waals surface area (Å²) in [5, 5.41) is 33.3. The molecule has 6 heterocycles. The van der Waals surface area contributed by atoms with E-state index in [1.165, 1.54) is 27.8 Å². The number of H-pyrrole nitrogens is 2. The average Bonchev–Trinajstić information content (AvgIpc) is 3.86. The Morgan fingerprint density at radius 2 is 1.13 bits per heavy atom. The van der Waals surface area contributed by atoms with Crippen LogP contribution < -0.4 is 26.6 Å². The fourth-order valence-corrected chi connectivity index (χ4v) is 7.91. The van der Waals surface area contributed by atoms with Crippen LogP contribution in [0, 0.1) is 27.7 Å². The Balaban J connectivity index is 0.000000157. The summed E-state index contributed by atoms with van der Waals surface area (Å²) in [5.74, 6) is 2.67. The zero-order chi connectivity index (χ0) is 42.0. The Bertz CT molecular complexity index is 2880. The quantitative estimate of drug-likeness (QED) is 0.0777. The molecule has 0 bridgehead atoms. The van der Waals surface area contributed by atoms with Crippen LogP contribution in [0.5, 0.6) is 0 Å². The number of nitrogens with one attached hydrogen (secondary N) is 7. The van der Waals surface area contributed by atoms with Crippen molar-refractivity contribution in [3.05, 3.63) is 130 Å². The molecule has 2 aliphatic rings. The van der Waals surface area contributed by atoms with Gasteiger partial charge in [0.05, 0.1) is 10.8 Å². The van der Waals surface area contributed by atoms with E-state index in [0.29, 0.717) is 29.7 Å². The van der Waals surface area contributed by atoms with E-state index in [2.05, 4.69) is 155 Å². The van der Waals surface area contributed by atoms with Crippen LogP contribution in [-0.4, -0.2) is 64.2 Å². The topological polar surface area (TPSA) is 189 Å². The number of amides is 1. The first-order valence-corrected chi connectivity index (χ1v) is 20.5. The van der Waals surface area contributed by atoms with E-state index in [1.54, 1.807) is 19.3 Å². The van der Waals surface area contributed by atoms with Crippen LogP contribution in [0.25, 0.3) is 22.1 Å². The summed E-state index contributed by atoms with van der Waals surface area (Å²) in [5.41, 5.74) is 15.0. The minimum atomic E-state index is 0.103. The monoisotopic (exact) mass is 812 g/mol. The van der Waals surface area contributed by atoms with E-state index in [0.717, 1.165) is 94.3 Å². The SMILES string of the molecule is CC(=O)N1CCc2ccc(Nc3ncc4c(Nc5c(C)cccc5C)[nH]nc4n3)cc2C1.Cc1cccc(C)c1Nc1[nH]nc2nc(Nc3ccc4c(c3)CNCC4)ncc12. The lowest BCUT2D eigenvalue weighted by atomic mass is 9.99. The highest BCUT2D eigenvalue weighted by molar-refractivity contribution is 5.91. The second-order valence-corrected chi connectivity index (χ2v) is 15.7. The van der Waals surface area contributed by atoms with Crippen LogP contribution >= 0.6 is 0 Å². The van der Waals surface area contributed by atoms with Gasteiger partial charge in [-0.25, -0.2) is 9.97 Å². The molecular formula is C46H48N14O. The van der Waals surface area contributed by atoms with E-state index >= 15 is 0 Å². The Hall–Kier alpha value is -7.39. The number of nitrogens with zero attached hydrogens (tertiary/aromatic N) is 7. The molecule has 8 aromatic rings. The summed E-state index contributed by atoms with van der Waals surface area (Å²) in [6.07, 6.45) is 5.51. The maximum atomic E-state index is 11.7. The van der Waals surface area contributed by atoms with E-state index in [9.17, 15) is 4.79 Å². The van der Waals surface area contributed by atoms with Crippen molar-refractivity contribution in [1.82, 2.24) is 50.5 Å². The molecule has 308 valence electrons. The number of hydrogen-bond acceptors (Lipinski definition) is 12. The van der Waals surface area contributed by atoms with Gasteiger partial charge < -0.3 is 31.5 Å². The Morgan fingerprint density at radius 1 is 0.623 bits per heavy atom. The Morgan fingerprint density at radius 3 is 1.66 bits per heavy atom. The third-order valence-electron chi connectivity index (χ3n) is 11.4. The Kier molecular flexibility index (Phi) is 10.7. The number of carbonyl (C=O) groups is 1. The van der Waals surface area contributed by atoms with E-state index in [-0.39, 0.29) is 5.91 Å². The highest BCUT2D eigenvalue weighted by Gasteiger charge is 2.19. The maximum Gasteiger partial charge on any atom is 0.229 e. The summed E-state index contributed by atoms with van der Waals surface area (Å²) in [6.45, 7) is 13.3. The lowest BCUT2D eigenvalue weighted by Gasteiger charge is -2.28. The summed E-state index contributed by atoms with van der Waals surface area (Å²) in [4.78, 5) is 31.7. The number of aryl methyl sites for hydroxylation is 4. The van der Waals surface area contributed by atoms with Gasteiger partial charge >= 0.3 is 0 Å². The molecule has 61 heavy (non-hydrogen) atoms. The van der Waals surface area contributed by atoms with Crippen LogP contribution in [0.4, 0.5) is 46.3 Å². The Labute approximate surface area is 353 Å². The number of hydrogen-bond donors (Lipinski definition) is 7. The van der Waals surface area contributed by atoms with Gasteiger partial charge in [-0.3, -0.25) is 15.0 Å². The number of para-hydroxylation sites is 2. The second kappa shape index (κ2) is 16.7. The van der Waals surface area contributed by atoms with Gasteiger partial charge in [0.15, 0.2) is 11.3 Å². The van der Waals surface area contributed by atoms with Gasteiger partial charge in [0.2, 0.25) is 17.8 Å². The van der Waals surface area contributed by atoms with Gasteiger partial charge in [0.25, 0.3) is 0 Å². The van der Waals surface area contributed by atoms with Gasteiger partial charge in [-0.05, 0) is 116 Å². The second-order valence-electron chi connectivity index (χ2n) is 15.7. The molecule has 7 N–H and O–H groups in total. The highest BCUT2D eigenvalue weighted by atomic mass is 16.2. The predicted octanol–water partition coefficient (Wildman–Crippen LogP) is 8.46. The molecule has 15 nitrogen and oxygen atoms in total. The zero-order valence-electron chi connectivity index (χ0n) is 34.9. The molecule has 4 aromatic carbocycles. The number of fused-ring (bicyclic) bond motifs is 4. The fraction of sp³-hybridized carbons (Fsp3) is 0.239. The molecule has 0 saturated carbocycles. The number of aromatic amines is 2. The van der Waals surface area contributed by atoms with Crippen molar-refractivity contribution in [3.8, 4) is 0 Å². The molecule has 0 fully saturated rings. The van der Waals surface area contributed by atoms with E-state index in [4.69, 9.17) is 0 Å². The van der Waals surface area contributed by atoms with Crippen molar-refractivity contribution in [2.24, 2.45) is 0 Å². The molecule has 0 spiro atoms. The summed E-state index contributed by atoms with van der Waals surface area (Å²) in [6, 6.07) is 25.0. The molecule has 0 aliphatic carbocycles. The minimum Gasteiger partial charge on any atom is -0.340 e. The van der Waals surface area contributed by atoms with Gasteiger partial charge in [-0.15, -0.1) is 0 Å². The van der Waals surface area contributed by atoms with Crippen LogP contribution in [-0.2, 0) is 30.7 Å².